The first-order valence-electron chi connectivity index (χ1n) is 5.83. The zero-order valence-electron chi connectivity index (χ0n) is 10.9. The SMILES string of the molecule is COCCOCCOCCn1cc(C(=O)NN)nn1. The first-order valence-corrected chi connectivity index (χ1v) is 5.83. The zero-order chi connectivity index (χ0) is 13.9. The van der Waals surface area contributed by atoms with Crippen molar-refractivity contribution in [2.75, 3.05) is 40.1 Å². The van der Waals surface area contributed by atoms with Crippen molar-refractivity contribution >= 4 is 5.91 Å². The number of carbonyl (C=O) groups excluding carboxylic acids is 1. The lowest BCUT2D eigenvalue weighted by Crippen LogP contribution is -2.30. The first kappa shape index (κ1) is 15.5. The number of ether oxygens (including phenoxy) is 3. The number of aromatic nitrogens is 3. The van der Waals surface area contributed by atoms with Gasteiger partial charge in [-0.25, -0.2) is 10.5 Å². The summed E-state index contributed by atoms with van der Waals surface area (Å²) in [6.45, 7) is 3.10. The third-order valence-electron chi connectivity index (χ3n) is 2.17. The fourth-order valence-corrected chi connectivity index (χ4v) is 1.21. The molecule has 0 aliphatic heterocycles. The summed E-state index contributed by atoms with van der Waals surface area (Å²) in [4.78, 5) is 11.1. The molecule has 1 amide bonds. The molecule has 0 aliphatic carbocycles. The van der Waals surface area contributed by atoms with Crippen LogP contribution in [0.15, 0.2) is 6.20 Å². The van der Waals surface area contributed by atoms with Gasteiger partial charge in [-0.1, -0.05) is 5.21 Å². The highest BCUT2D eigenvalue weighted by Crippen LogP contribution is 1.92. The molecule has 9 nitrogen and oxygen atoms in total. The van der Waals surface area contributed by atoms with Gasteiger partial charge in [0, 0.05) is 7.11 Å². The minimum absolute atomic E-state index is 0.172. The normalized spacial score (nSPS) is 10.6. The second kappa shape index (κ2) is 9.39. The van der Waals surface area contributed by atoms with Gasteiger partial charge >= 0.3 is 0 Å². The Morgan fingerprint density at radius 3 is 2.68 bits per heavy atom. The smallest absolute Gasteiger partial charge is 0.287 e. The van der Waals surface area contributed by atoms with Crippen molar-refractivity contribution in [1.82, 2.24) is 20.4 Å². The number of amides is 1. The Bertz CT molecular complexity index is 371. The maximum Gasteiger partial charge on any atom is 0.287 e. The monoisotopic (exact) mass is 273 g/mol. The van der Waals surface area contributed by atoms with Crippen LogP contribution in [0.2, 0.25) is 0 Å². The summed E-state index contributed by atoms with van der Waals surface area (Å²) < 4.78 is 16.9. The molecule has 1 rings (SSSR count). The van der Waals surface area contributed by atoms with Crippen LogP contribution >= 0.6 is 0 Å². The molecule has 1 aromatic rings. The Balaban J connectivity index is 2.06. The van der Waals surface area contributed by atoms with E-state index >= 15 is 0 Å². The van der Waals surface area contributed by atoms with Crippen LogP contribution in [0, 0.1) is 0 Å². The number of hydrogen-bond donors (Lipinski definition) is 2. The number of nitrogens with one attached hydrogen (secondary N) is 1. The molecular formula is C10H19N5O4. The molecule has 0 radical (unpaired) electrons. The number of methoxy groups -OCH3 is 1. The van der Waals surface area contributed by atoms with Crippen LogP contribution in [-0.2, 0) is 20.8 Å². The van der Waals surface area contributed by atoms with Gasteiger partial charge in [-0.3, -0.25) is 10.2 Å². The molecule has 0 spiro atoms. The quantitative estimate of drug-likeness (QED) is 0.232. The molecule has 0 bridgehead atoms. The topological polar surface area (TPSA) is 114 Å². The highest BCUT2D eigenvalue weighted by molar-refractivity contribution is 5.91. The van der Waals surface area contributed by atoms with Crippen molar-refractivity contribution in [3.63, 3.8) is 0 Å². The van der Waals surface area contributed by atoms with Crippen molar-refractivity contribution in [2.24, 2.45) is 5.84 Å². The Labute approximate surface area is 111 Å². The molecule has 0 aromatic carbocycles. The van der Waals surface area contributed by atoms with Gasteiger partial charge in [0.2, 0.25) is 0 Å². The van der Waals surface area contributed by atoms with E-state index in [-0.39, 0.29) is 5.69 Å². The Morgan fingerprint density at radius 1 is 1.32 bits per heavy atom. The maximum atomic E-state index is 11.1. The molecule has 0 aliphatic rings. The van der Waals surface area contributed by atoms with Crippen molar-refractivity contribution in [3.05, 3.63) is 11.9 Å². The molecule has 1 aromatic heterocycles. The van der Waals surface area contributed by atoms with E-state index in [0.29, 0.717) is 39.6 Å². The van der Waals surface area contributed by atoms with Gasteiger partial charge in [0.05, 0.1) is 45.8 Å². The minimum Gasteiger partial charge on any atom is -0.382 e. The number of hydrogen-bond acceptors (Lipinski definition) is 7. The standard InChI is InChI=1S/C10H19N5O4/c1-17-4-5-19-7-6-18-3-2-15-8-9(13-14-15)10(16)12-11/h8H,2-7,11H2,1H3,(H,12,16). The summed E-state index contributed by atoms with van der Waals surface area (Å²) in [6, 6.07) is 0. The van der Waals surface area contributed by atoms with Crippen LogP contribution in [0.3, 0.4) is 0 Å². The number of carbonyl (C=O) groups is 1. The molecule has 0 unspecified atom stereocenters. The predicted molar refractivity (Wildman–Crippen MR) is 65.2 cm³/mol. The number of rotatable bonds is 10. The molecule has 0 saturated carbocycles. The summed E-state index contributed by atoms with van der Waals surface area (Å²) in [5, 5.41) is 7.43. The van der Waals surface area contributed by atoms with Crippen LogP contribution in [-0.4, -0.2) is 61.0 Å². The van der Waals surface area contributed by atoms with Crippen LogP contribution in [0.4, 0.5) is 0 Å². The fourth-order valence-electron chi connectivity index (χ4n) is 1.21. The Kier molecular flexibility index (Phi) is 7.66. The van der Waals surface area contributed by atoms with E-state index in [0.717, 1.165) is 0 Å². The van der Waals surface area contributed by atoms with Crippen LogP contribution < -0.4 is 11.3 Å². The number of nitrogens with zero attached hydrogens (tertiary/aromatic N) is 3. The van der Waals surface area contributed by atoms with Crippen molar-refractivity contribution in [1.29, 1.82) is 0 Å². The molecular weight excluding hydrogens is 254 g/mol. The second-order valence-electron chi connectivity index (χ2n) is 3.56. The van der Waals surface area contributed by atoms with Crippen molar-refractivity contribution < 1.29 is 19.0 Å². The van der Waals surface area contributed by atoms with E-state index in [9.17, 15) is 4.79 Å². The van der Waals surface area contributed by atoms with Gasteiger partial charge in [-0.15, -0.1) is 5.10 Å². The maximum absolute atomic E-state index is 11.1. The zero-order valence-corrected chi connectivity index (χ0v) is 10.9. The lowest BCUT2D eigenvalue weighted by molar-refractivity contribution is 0.0224. The highest BCUT2D eigenvalue weighted by atomic mass is 16.5. The van der Waals surface area contributed by atoms with E-state index in [1.54, 1.807) is 7.11 Å². The molecule has 9 heteroatoms. The third kappa shape index (κ3) is 6.25. The summed E-state index contributed by atoms with van der Waals surface area (Å²) in [5.41, 5.74) is 2.15. The van der Waals surface area contributed by atoms with Gasteiger partial charge in [0.25, 0.3) is 5.91 Å². The van der Waals surface area contributed by atoms with E-state index in [1.807, 2.05) is 5.43 Å². The van der Waals surface area contributed by atoms with Crippen LogP contribution in [0.25, 0.3) is 0 Å². The van der Waals surface area contributed by atoms with Gasteiger partial charge in [0.15, 0.2) is 5.69 Å². The van der Waals surface area contributed by atoms with E-state index in [4.69, 9.17) is 20.1 Å². The van der Waals surface area contributed by atoms with Gasteiger partial charge in [-0.2, -0.15) is 0 Å². The van der Waals surface area contributed by atoms with Crippen LogP contribution in [0.5, 0.6) is 0 Å². The first-order chi connectivity index (χ1) is 9.27. The molecule has 1 heterocycles. The average molecular weight is 273 g/mol. The molecule has 0 atom stereocenters. The average Bonchev–Trinajstić information content (AvgIpc) is 2.89. The molecule has 19 heavy (non-hydrogen) atoms. The molecule has 108 valence electrons. The van der Waals surface area contributed by atoms with Gasteiger partial charge in [0.1, 0.15) is 0 Å². The van der Waals surface area contributed by atoms with E-state index in [2.05, 4.69) is 10.3 Å². The number of hydrazine groups is 1. The minimum atomic E-state index is -0.473. The van der Waals surface area contributed by atoms with E-state index < -0.39 is 5.91 Å². The largest absolute Gasteiger partial charge is 0.382 e. The van der Waals surface area contributed by atoms with Crippen molar-refractivity contribution in [2.45, 2.75) is 6.54 Å². The number of nitrogens with two attached hydrogens (primary N) is 1. The molecule has 0 fully saturated rings. The van der Waals surface area contributed by atoms with Gasteiger partial charge < -0.3 is 14.2 Å². The summed E-state index contributed by atoms with van der Waals surface area (Å²) in [5.74, 6) is 4.51. The third-order valence-corrected chi connectivity index (χ3v) is 2.17. The summed E-state index contributed by atoms with van der Waals surface area (Å²) >= 11 is 0. The van der Waals surface area contributed by atoms with E-state index in [1.165, 1.54) is 10.9 Å². The highest BCUT2D eigenvalue weighted by Gasteiger charge is 2.08. The predicted octanol–water partition coefficient (Wildman–Crippen LogP) is -1.44. The lowest BCUT2D eigenvalue weighted by atomic mass is 10.4. The summed E-state index contributed by atoms with van der Waals surface area (Å²) in [6.07, 6.45) is 1.50. The molecule has 0 saturated heterocycles. The summed E-state index contributed by atoms with van der Waals surface area (Å²) in [7, 11) is 1.62. The van der Waals surface area contributed by atoms with Crippen LogP contribution in [0.1, 0.15) is 10.5 Å². The Morgan fingerprint density at radius 2 is 2.00 bits per heavy atom. The molecule has 3 N–H and O–H groups in total. The van der Waals surface area contributed by atoms with Crippen molar-refractivity contribution in [3.8, 4) is 0 Å². The lowest BCUT2D eigenvalue weighted by Gasteiger charge is -2.05. The fraction of sp³-hybridized carbons (Fsp3) is 0.700. The van der Waals surface area contributed by atoms with Gasteiger partial charge in [-0.05, 0) is 0 Å². The Hall–Kier alpha value is -1.55. The number of nitrogen functional groups attached to an aromatic ring is 1. The second-order valence-corrected chi connectivity index (χ2v) is 3.56.